The molecular weight excluding hydrogens is 332 g/mol. The van der Waals surface area contributed by atoms with E-state index in [2.05, 4.69) is 34.3 Å². The maximum absolute atomic E-state index is 6.26. The first-order valence-corrected chi connectivity index (χ1v) is 12.1. The molecule has 0 aliphatic heterocycles. The summed E-state index contributed by atoms with van der Waals surface area (Å²) in [5, 5.41) is 0. The van der Waals surface area contributed by atoms with Gasteiger partial charge in [0.1, 0.15) is 0 Å². The highest BCUT2D eigenvalue weighted by molar-refractivity contribution is 6.60. The van der Waals surface area contributed by atoms with Crippen LogP contribution in [-0.2, 0) is 18.0 Å². The number of hydrogen-bond donors (Lipinski definition) is 0. The van der Waals surface area contributed by atoms with Gasteiger partial charge in [0.25, 0.3) is 0 Å². The van der Waals surface area contributed by atoms with Gasteiger partial charge in [-0.15, -0.1) is 0 Å². The Bertz CT molecular complexity index is 296. The quantitative estimate of drug-likeness (QED) is 0.174. The summed E-state index contributed by atoms with van der Waals surface area (Å²) < 4.78 is 24.6. The van der Waals surface area contributed by atoms with Gasteiger partial charge in [-0.25, -0.2) is 0 Å². The second-order valence-electron chi connectivity index (χ2n) is 6.91. The molecule has 0 heterocycles. The smallest absolute Gasteiger partial charge is 0.374 e. The Kier molecular flexibility index (Phi) is 15.9. The fraction of sp³-hybridized carbons (Fsp3) is 0.900. The van der Waals surface area contributed by atoms with Crippen LogP contribution in [0.2, 0.25) is 6.04 Å². The molecule has 0 saturated heterocycles. The van der Waals surface area contributed by atoms with Gasteiger partial charge in [-0.2, -0.15) is 0 Å². The molecule has 0 spiro atoms. The maximum atomic E-state index is 6.26. The van der Waals surface area contributed by atoms with Gasteiger partial charge in [0, 0.05) is 25.9 Å². The molecule has 150 valence electrons. The highest BCUT2D eigenvalue weighted by Crippen LogP contribution is 2.22. The summed E-state index contributed by atoms with van der Waals surface area (Å²) in [6.07, 6.45) is 7.54. The minimum atomic E-state index is -2.63. The highest BCUT2D eigenvalue weighted by Gasteiger charge is 2.41. The van der Waals surface area contributed by atoms with E-state index >= 15 is 0 Å². The van der Waals surface area contributed by atoms with Crippen molar-refractivity contribution in [3.05, 3.63) is 12.2 Å². The van der Waals surface area contributed by atoms with E-state index in [9.17, 15) is 0 Å². The molecule has 0 saturated carbocycles. The molecule has 0 bridgehead atoms. The summed E-state index contributed by atoms with van der Waals surface area (Å²) >= 11 is 0. The molecule has 5 heteroatoms. The van der Waals surface area contributed by atoms with Gasteiger partial charge in [0.15, 0.2) is 0 Å². The molecule has 0 aliphatic carbocycles. The van der Waals surface area contributed by atoms with Crippen LogP contribution in [0.1, 0.15) is 79.6 Å². The standard InChI is InChI=1S/C20H42O4Si/c1-7-10-14-22-25(23-15-11-8-2,24-16-12-9-3)17-13-20(6)21-18-19(4)5/h20H,4,7-18H2,1-3,5-6H3. The van der Waals surface area contributed by atoms with E-state index in [4.69, 9.17) is 18.0 Å². The Morgan fingerprint density at radius 3 is 1.68 bits per heavy atom. The van der Waals surface area contributed by atoms with E-state index in [1.54, 1.807) is 0 Å². The lowest BCUT2D eigenvalue weighted by atomic mass is 10.3. The van der Waals surface area contributed by atoms with Crippen molar-refractivity contribution in [2.45, 2.75) is 91.7 Å². The first-order valence-electron chi connectivity index (χ1n) is 10.2. The van der Waals surface area contributed by atoms with Crippen molar-refractivity contribution >= 4 is 8.80 Å². The normalized spacial score (nSPS) is 13.2. The first-order chi connectivity index (χ1) is 12.0. The summed E-state index contributed by atoms with van der Waals surface area (Å²) in [4.78, 5) is 0. The van der Waals surface area contributed by atoms with Gasteiger partial charge in [-0.05, 0) is 39.5 Å². The Hall–Kier alpha value is -0.203. The predicted octanol–water partition coefficient (Wildman–Crippen LogP) is 5.75. The minimum Gasteiger partial charge on any atom is -0.374 e. The zero-order chi connectivity index (χ0) is 19.0. The number of ether oxygens (including phenoxy) is 1. The predicted molar refractivity (Wildman–Crippen MR) is 108 cm³/mol. The molecule has 1 atom stereocenters. The topological polar surface area (TPSA) is 36.9 Å². The number of hydrogen-bond acceptors (Lipinski definition) is 4. The molecule has 25 heavy (non-hydrogen) atoms. The van der Waals surface area contributed by atoms with Crippen molar-refractivity contribution in [2.75, 3.05) is 26.4 Å². The molecule has 0 aliphatic rings. The summed E-state index contributed by atoms with van der Waals surface area (Å²) in [6.45, 7) is 17.3. The third-order valence-corrected chi connectivity index (χ3v) is 6.76. The fourth-order valence-corrected chi connectivity index (χ4v) is 5.01. The van der Waals surface area contributed by atoms with Crippen LogP contribution in [0.25, 0.3) is 0 Å². The first kappa shape index (κ1) is 24.8. The molecule has 0 fully saturated rings. The van der Waals surface area contributed by atoms with E-state index in [1.165, 1.54) is 0 Å². The summed E-state index contributed by atoms with van der Waals surface area (Å²) in [5.41, 5.74) is 1.05. The van der Waals surface area contributed by atoms with Gasteiger partial charge in [-0.1, -0.05) is 52.2 Å². The Labute approximate surface area is 157 Å². The zero-order valence-corrected chi connectivity index (χ0v) is 18.4. The van der Waals surface area contributed by atoms with Gasteiger partial charge < -0.3 is 18.0 Å². The van der Waals surface area contributed by atoms with Crippen molar-refractivity contribution in [3.63, 3.8) is 0 Å². The molecule has 0 rings (SSSR count). The zero-order valence-electron chi connectivity index (χ0n) is 17.4. The number of rotatable bonds is 18. The second-order valence-corrected chi connectivity index (χ2v) is 9.64. The summed E-state index contributed by atoms with van der Waals surface area (Å²) in [7, 11) is -2.63. The van der Waals surface area contributed by atoms with Crippen LogP contribution in [0.4, 0.5) is 0 Å². The Morgan fingerprint density at radius 1 is 0.880 bits per heavy atom. The molecule has 0 N–H and O–H groups in total. The highest BCUT2D eigenvalue weighted by atomic mass is 28.4. The average molecular weight is 375 g/mol. The van der Waals surface area contributed by atoms with E-state index < -0.39 is 8.80 Å². The van der Waals surface area contributed by atoms with Crippen molar-refractivity contribution < 1.29 is 18.0 Å². The monoisotopic (exact) mass is 374 g/mol. The molecule has 1 unspecified atom stereocenters. The molecule has 4 nitrogen and oxygen atoms in total. The third kappa shape index (κ3) is 13.6. The van der Waals surface area contributed by atoms with Crippen molar-refractivity contribution in [3.8, 4) is 0 Å². The lowest BCUT2D eigenvalue weighted by Gasteiger charge is -2.31. The van der Waals surface area contributed by atoms with Gasteiger partial charge >= 0.3 is 8.80 Å². The SMILES string of the molecule is C=C(C)COC(C)CC[Si](OCCCC)(OCCCC)OCCCC. The molecule has 0 radical (unpaired) electrons. The van der Waals surface area contributed by atoms with E-state index in [1.807, 2.05) is 6.92 Å². The van der Waals surface area contributed by atoms with Crippen LogP contribution in [0.15, 0.2) is 12.2 Å². The Balaban J connectivity index is 4.76. The van der Waals surface area contributed by atoms with Crippen molar-refractivity contribution in [2.24, 2.45) is 0 Å². The minimum absolute atomic E-state index is 0.155. The maximum Gasteiger partial charge on any atom is 0.501 e. The van der Waals surface area contributed by atoms with Crippen LogP contribution in [0.5, 0.6) is 0 Å². The number of unbranched alkanes of at least 4 members (excludes halogenated alkanes) is 3. The van der Waals surface area contributed by atoms with Gasteiger partial charge in [0.05, 0.1) is 12.7 Å². The molecule has 0 aromatic rings. The second kappa shape index (κ2) is 16.0. The van der Waals surface area contributed by atoms with Crippen LogP contribution >= 0.6 is 0 Å². The van der Waals surface area contributed by atoms with E-state index in [-0.39, 0.29) is 6.10 Å². The average Bonchev–Trinajstić information content (AvgIpc) is 2.58. The van der Waals surface area contributed by atoms with Crippen molar-refractivity contribution in [1.29, 1.82) is 0 Å². The molecule has 0 amide bonds. The summed E-state index contributed by atoms with van der Waals surface area (Å²) in [6, 6.07) is 0.821. The molecule has 0 aromatic heterocycles. The van der Waals surface area contributed by atoms with E-state index in [0.29, 0.717) is 6.61 Å². The van der Waals surface area contributed by atoms with Crippen LogP contribution in [0, 0.1) is 0 Å². The largest absolute Gasteiger partial charge is 0.501 e. The lowest BCUT2D eigenvalue weighted by Crippen LogP contribution is -2.47. The molecular formula is C20H42O4Si. The third-order valence-electron chi connectivity index (χ3n) is 3.93. The van der Waals surface area contributed by atoms with Crippen LogP contribution in [0.3, 0.4) is 0 Å². The lowest BCUT2D eigenvalue weighted by molar-refractivity contribution is 0.0434. The fourth-order valence-electron chi connectivity index (χ4n) is 2.21. The Morgan fingerprint density at radius 2 is 1.32 bits per heavy atom. The van der Waals surface area contributed by atoms with Crippen molar-refractivity contribution in [1.82, 2.24) is 0 Å². The van der Waals surface area contributed by atoms with Crippen LogP contribution < -0.4 is 0 Å². The molecule has 0 aromatic carbocycles. The van der Waals surface area contributed by atoms with Crippen LogP contribution in [-0.4, -0.2) is 41.3 Å². The summed E-state index contributed by atoms with van der Waals surface area (Å²) in [5.74, 6) is 0. The van der Waals surface area contributed by atoms with E-state index in [0.717, 1.165) is 76.4 Å². The van der Waals surface area contributed by atoms with Gasteiger partial charge in [-0.3, -0.25) is 0 Å². The van der Waals surface area contributed by atoms with Gasteiger partial charge in [0.2, 0.25) is 0 Å².